The summed E-state index contributed by atoms with van der Waals surface area (Å²) >= 11 is 6.25. The van der Waals surface area contributed by atoms with Crippen molar-refractivity contribution in [3.63, 3.8) is 0 Å². The molecule has 1 saturated heterocycles. The van der Waals surface area contributed by atoms with Crippen molar-refractivity contribution < 1.29 is 4.39 Å². The minimum atomic E-state index is -0.630. The van der Waals surface area contributed by atoms with E-state index >= 15 is 4.39 Å². The first kappa shape index (κ1) is 23.1. The highest BCUT2D eigenvalue weighted by Gasteiger charge is 2.46. The van der Waals surface area contributed by atoms with Crippen molar-refractivity contribution in [3.8, 4) is 0 Å². The van der Waals surface area contributed by atoms with E-state index in [1.165, 1.54) is 0 Å². The van der Waals surface area contributed by atoms with Crippen molar-refractivity contribution >= 4 is 28.9 Å². The van der Waals surface area contributed by atoms with E-state index in [2.05, 4.69) is 60.3 Å². The van der Waals surface area contributed by atoms with Crippen LogP contribution in [0.25, 0.3) is 0 Å². The summed E-state index contributed by atoms with van der Waals surface area (Å²) in [6, 6.07) is 5.63. The molecule has 1 fully saturated rings. The van der Waals surface area contributed by atoms with Gasteiger partial charge in [0.05, 0.1) is 29.1 Å². The van der Waals surface area contributed by atoms with Crippen molar-refractivity contribution in [2.75, 3.05) is 29.9 Å². The fourth-order valence-electron chi connectivity index (χ4n) is 5.26. The highest BCUT2D eigenvalue weighted by molar-refractivity contribution is 6.30. The summed E-state index contributed by atoms with van der Waals surface area (Å²) in [4.78, 5) is 7.02. The van der Waals surface area contributed by atoms with Crippen LogP contribution in [-0.4, -0.2) is 40.9 Å². The molecule has 2 aliphatic rings. The molecular formula is C26H32ClFN6. The molecule has 34 heavy (non-hydrogen) atoms. The lowest BCUT2D eigenvalue weighted by Gasteiger charge is -2.31. The average Bonchev–Trinajstić information content (AvgIpc) is 3.36. The highest BCUT2D eigenvalue weighted by atomic mass is 35.5. The van der Waals surface area contributed by atoms with Gasteiger partial charge in [-0.15, -0.1) is 0 Å². The predicted octanol–water partition coefficient (Wildman–Crippen LogP) is 5.51. The van der Waals surface area contributed by atoms with E-state index < -0.39 is 5.41 Å². The van der Waals surface area contributed by atoms with Gasteiger partial charge in [0.1, 0.15) is 17.5 Å². The SMILES string of the molecule is Cc1c(NC2CNC2)ncc2c1[C@@](C)(c1cccc(Cl)c1F)CN2c1[nH]ncc1C(C)C(C)C. The van der Waals surface area contributed by atoms with Gasteiger partial charge in [-0.05, 0) is 42.9 Å². The minimum Gasteiger partial charge on any atom is -0.365 e. The van der Waals surface area contributed by atoms with E-state index in [-0.39, 0.29) is 10.8 Å². The van der Waals surface area contributed by atoms with Crippen LogP contribution in [0.15, 0.2) is 30.6 Å². The molecule has 1 aromatic carbocycles. The molecule has 2 aromatic heterocycles. The lowest BCUT2D eigenvalue weighted by molar-refractivity contribution is 0.470. The van der Waals surface area contributed by atoms with Gasteiger partial charge in [-0.3, -0.25) is 5.10 Å². The number of anilines is 3. The van der Waals surface area contributed by atoms with Crippen LogP contribution in [0.5, 0.6) is 0 Å². The first-order valence-electron chi connectivity index (χ1n) is 11.9. The zero-order chi connectivity index (χ0) is 24.2. The molecule has 1 unspecified atom stereocenters. The number of hydrogen-bond donors (Lipinski definition) is 3. The summed E-state index contributed by atoms with van der Waals surface area (Å²) in [7, 11) is 0. The van der Waals surface area contributed by atoms with Gasteiger partial charge in [0.15, 0.2) is 0 Å². The molecule has 2 aliphatic heterocycles. The van der Waals surface area contributed by atoms with E-state index in [1.54, 1.807) is 6.07 Å². The van der Waals surface area contributed by atoms with E-state index in [9.17, 15) is 0 Å². The molecule has 0 saturated carbocycles. The third-order valence-corrected chi connectivity index (χ3v) is 7.99. The summed E-state index contributed by atoms with van der Waals surface area (Å²) in [5.41, 5.74) is 4.18. The standard InChI is InChI=1S/C26H32ClFN6/c1-14(2)15(3)18-11-31-33-25(18)34-13-26(5,19-7-6-8-20(27)23(19)28)22-16(4)24(30-12-21(22)34)32-17-9-29-10-17/h6-8,11-12,14-15,17,29H,9-10,13H2,1-5H3,(H,30,32)(H,31,33)/t15?,26-/m1/s1. The maximum Gasteiger partial charge on any atom is 0.145 e. The Morgan fingerprint density at radius 3 is 2.68 bits per heavy atom. The number of pyridine rings is 1. The predicted molar refractivity (Wildman–Crippen MR) is 136 cm³/mol. The third kappa shape index (κ3) is 3.57. The Morgan fingerprint density at radius 2 is 2.00 bits per heavy atom. The Hall–Kier alpha value is -2.64. The Kier molecular flexibility index (Phi) is 5.81. The molecule has 6 nitrogen and oxygen atoms in total. The molecule has 0 bridgehead atoms. The quantitative estimate of drug-likeness (QED) is 0.432. The summed E-state index contributed by atoms with van der Waals surface area (Å²) in [5.74, 6) is 2.19. The molecule has 0 spiro atoms. The van der Waals surface area contributed by atoms with Gasteiger partial charge in [-0.2, -0.15) is 5.10 Å². The van der Waals surface area contributed by atoms with Gasteiger partial charge >= 0.3 is 0 Å². The lowest BCUT2D eigenvalue weighted by atomic mass is 9.76. The molecule has 2 atom stereocenters. The molecule has 8 heteroatoms. The largest absolute Gasteiger partial charge is 0.365 e. The monoisotopic (exact) mass is 482 g/mol. The number of fused-ring (bicyclic) bond motifs is 1. The number of H-pyrrole nitrogens is 1. The fraction of sp³-hybridized carbons (Fsp3) is 0.462. The van der Waals surface area contributed by atoms with Crippen LogP contribution in [0, 0.1) is 18.7 Å². The molecule has 0 amide bonds. The van der Waals surface area contributed by atoms with Crippen LogP contribution in [0.1, 0.15) is 55.9 Å². The van der Waals surface area contributed by atoms with E-state index in [1.807, 2.05) is 24.5 Å². The number of nitrogens with zero attached hydrogens (tertiary/aromatic N) is 3. The number of aromatic amines is 1. The van der Waals surface area contributed by atoms with E-state index in [4.69, 9.17) is 16.6 Å². The van der Waals surface area contributed by atoms with Gasteiger partial charge in [-0.25, -0.2) is 9.37 Å². The van der Waals surface area contributed by atoms with Crippen molar-refractivity contribution in [2.24, 2.45) is 5.92 Å². The number of nitrogens with one attached hydrogen (secondary N) is 3. The zero-order valence-electron chi connectivity index (χ0n) is 20.3. The fourth-order valence-corrected chi connectivity index (χ4v) is 5.43. The van der Waals surface area contributed by atoms with Crippen LogP contribution in [0.4, 0.5) is 21.7 Å². The van der Waals surface area contributed by atoms with Gasteiger partial charge in [0.25, 0.3) is 0 Å². The first-order valence-corrected chi connectivity index (χ1v) is 12.3. The summed E-state index contributed by atoms with van der Waals surface area (Å²) in [6.07, 6.45) is 3.82. The number of aromatic nitrogens is 3. The molecule has 3 N–H and O–H groups in total. The number of halogens is 2. The highest BCUT2D eigenvalue weighted by Crippen LogP contribution is 2.52. The summed E-state index contributed by atoms with van der Waals surface area (Å²) < 4.78 is 15.5. The molecule has 3 aromatic rings. The molecule has 0 radical (unpaired) electrons. The topological polar surface area (TPSA) is 68.9 Å². The van der Waals surface area contributed by atoms with Crippen molar-refractivity contribution in [3.05, 3.63) is 63.7 Å². The Balaban J connectivity index is 1.68. The molecule has 5 rings (SSSR count). The first-order chi connectivity index (χ1) is 16.2. The van der Waals surface area contributed by atoms with Crippen molar-refractivity contribution in [1.82, 2.24) is 20.5 Å². The molecule has 4 heterocycles. The van der Waals surface area contributed by atoms with Gasteiger partial charge < -0.3 is 15.5 Å². The lowest BCUT2D eigenvalue weighted by Crippen LogP contribution is -2.51. The van der Waals surface area contributed by atoms with Crippen LogP contribution in [-0.2, 0) is 5.41 Å². The third-order valence-electron chi connectivity index (χ3n) is 7.70. The van der Waals surface area contributed by atoms with Crippen LogP contribution >= 0.6 is 11.6 Å². The molecular weight excluding hydrogens is 451 g/mol. The van der Waals surface area contributed by atoms with Crippen LogP contribution in [0.2, 0.25) is 5.02 Å². The minimum absolute atomic E-state index is 0.139. The smallest absolute Gasteiger partial charge is 0.145 e. The summed E-state index contributed by atoms with van der Waals surface area (Å²) in [6.45, 7) is 13.2. The van der Waals surface area contributed by atoms with Gasteiger partial charge in [-0.1, -0.05) is 44.5 Å². The van der Waals surface area contributed by atoms with Gasteiger partial charge in [0.2, 0.25) is 0 Å². The normalized spacial score (nSPS) is 21.0. The Bertz CT molecular complexity index is 1220. The van der Waals surface area contributed by atoms with Gasteiger partial charge in [0, 0.05) is 36.2 Å². The zero-order valence-corrected chi connectivity index (χ0v) is 21.1. The van der Waals surface area contributed by atoms with E-state index in [0.717, 1.165) is 47.1 Å². The number of benzene rings is 1. The van der Waals surface area contributed by atoms with Crippen LogP contribution in [0.3, 0.4) is 0 Å². The second-order valence-electron chi connectivity index (χ2n) is 10.2. The molecule has 180 valence electrons. The van der Waals surface area contributed by atoms with Crippen LogP contribution < -0.4 is 15.5 Å². The Morgan fingerprint density at radius 1 is 1.24 bits per heavy atom. The van der Waals surface area contributed by atoms with E-state index in [0.29, 0.717) is 30.0 Å². The average molecular weight is 483 g/mol. The number of rotatable bonds is 6. The van der Waals surface area contributed by atoms with Crippen molar-refractivity contribution in [2.45, 2.75) is 52.0 Å². The molecule has 0 aliphatic carbocycles. The maximum atomic E-state index is 15.5. The maximum absolute atomic E-state index is 15.5. The second kappa shape index (κ2) is 8.54. The van der Waals surface area contributed by atoms with Crippen molar-refractivity contribution in [1.29, 1.82) is 0 Å². The Labute approximate surface area is 205 Å². The summed E-state index contributed by atoms with van der Waals surface area (Å²) in [5, 5.41) is 14.6. The number of hydrogen-bond acceptors (Lipinski definition) is 5. The second-order valence-corrected chi connectivity index (χ2v) is 10.6.